The van der Waals surface area contributed by atoms with Crippen LogP contribution >= 0.6 is 31.9 Å². The highest BCUT2D eigenvalue weighted by atomic mass is 79.9. The van der Waals surface area contributed by atoms with E-state index in [2.05, 4.69) is 38.8 Å². The summed E-state index contributed by atoms with van der Waals surface area (Å²) >= 11 is 6.59. The molecule has 0 aromatic carbocycles. The van der Waals surface area contributed by atoms with Crippen molar-refractivity contribution < 1.29 is 19.1 Å². The van der Waals surface area contributed by atoms with Crippen LogP contribution in [0.2, 0.25) is 0 Å². The molecule has 4 nitrogen and oxygen atoms in total. The van der Waals surface area contributed by atoms with E-state index in [1.54, 1.807) is 4.99 Å². The Morgan fingerprint density at radius 3 is 1.76 bits per heavy atom. The molecule has 0 aromatic rings. The molecule has 0 saturated heterocycles. The molecule has 0 N–H and O–H groups in total. The van der Waals surface area contributed by atoms with Crippen LogP contribution in [0, 0.1) is 0 Å². The summed E-state index contributed by atoms with van der Waals surface area (Å²) in [4.78, 5) is 26.1. The number of cyclic esters (lactones) is 1. The Labute approximate surface area is 218 Å². The number of hydrogen-bond acceptors (Lipinski definition) is 4. The van der Waals surface area contributed by atoms with Gasteiger partial charge in [0, 0.05) is 11.4 Å². The molecule has 0 fully saturated rings. The molecule has 1 atom stereocenters. The minimum absolute atomic E-state index is 0.236. The van der Waals surface area contributed by atoms with Crippen LogP contribution in [0.1, 0.15) is 129 Å². The Balaban J connectivity index is 2.09. The van der Waals surface area contributed by atoms with Crippen LogP contribution in [-0.4, -0.2) is 18.0 Å². The minimum Gasteiger partial charge on any atom is -0.457 e. The van der Waals surface area contributed by atoms with Gasteiger partial charge in [-0.2, -0.15) is 0 Å². The van der Waals surface area contributed by atoms with Crippen molar-refractivity contribution in [3.05, 3.63) is 20.8 Å². The van der Waals surface area contributed by atoms with Crippen molar-refractivity contribution in [2.24, 2.45) is 0 Å². The molecule has 1 aliphatic heterocycles. The highest BCUT2D eigenvalue weighted by molar-refractivity contribution is 9.12. The maximum Gasteiger partial charge on any atom is 0.344 e. The Morgan fingerprint density at radius 2 is 1.33 bits per heavy atom. The fourth-order valence-corrected chi connectivity index (χ4v) is 5.39. The SMILES string of the molecule is CCCCCCCCCCCCCCCCCC(=O)OC(CCC)C1=C(Br)C(=CBr)OC1=O. The summed E-state index contributed by atoms with van der Waals surface area (Å²) < 4.78 is 11.4. The van der Waals surface area contributed by atoms with Crippen LogP contribution in [-0.2, 0) is 19.1 Å². The van der Waals surface area contributed by atoms with Crippen LogP contribution in [0.5, 0.6) is 0 Å². The van der Waals surface area contributed by atoms with E-state index in [-0.39, 0.29) is 5.97 Å². The van der Waals surface area contributed by atoms with E-state index in [4.69, 9.17) is 9.47 Å². The van der Waals surface area contributed by atoms with Gasteiger partial charge in [-0.1, -0.05) is 126 Å². The van der Waals surface area contributed by atoms with Crippen LogP contribution in [0.4, 0.5) is 0 Å². The first-order valence-electron chi connectivity index (χ1n) is 13.2. The van der Waals surface area contributed by atoms with Gasteiger partial charge in [0.25, 0.3) is 0 Å². The summed E-state index contributed by atoms with van der Waals surface area (Å²) in [5.41, 5.74) is 0.396. The summed E-state index contributed by atoms with van der Waals surface area (Å²) in [6, 6.07) is 0. The smallest absolute Gasteiger partial charge is 0.344 e. The number of esters is 2. The number of allylic oxidation sites excluding steroid dienone is 1. The molecule has 0 aliphatic carbocycles. The molecule has 33 heavy (non-hydrogen) atoms. The molecule has 1 rings (SSSR count). The molecule has 0 amide bonds. The van der Waals surface area contributed by atoms with Gasteiger partial charge in [-0.05, 0) is 28.8 Å². The normalized spacial score (nSPS) is 15.9. The number of rotatable bonds is 20. The largest absolute Gasteiger partial charge is 0.457 e. The van der Waals surface area contributed by atoms with Crippen LogP contribution in [0.3, 0.4) is 0 Å². The van der Waals surface area contributed by atoms with Gasteiger partial charge in [-0.3, -0.25) is 4.79 Å². The van der Waals surface area contributed by atoms with Gasteiger partial charge < -0.3 is 9.47 Å². The molecular formula is C27H44Br2O4. The van der Waals surface area contributed by atoms with E-state index >= 15 is 0 Å². The first kappa shape index (κ1) is 30.4. The third-order valence-corrected chi connectivity index (χ3v) is 7.34. The molecule has 0 radical (unpaired) electrons. The number of ether oxygens (including phenoxy) is 2. The fraction of sp³-hybridized carbons (Fsp3) is 0.778. The van der Waals surface area contributed by atoms with Gasteiger partial charge >= 0.3 is 11.9 Å². The number of halogens is 2. The van der Waals surface area contributed by atoms with Crippen molar-refractivity contribution in [1.29, 1.82) is 0 Å². The lowest BCUT2D eigenvalue weighted by atomic mass is 10.0. The highest BCUT2D eigenvalue weighted by Crippen LogP contribution is 2.35. The Bertz CT molecular complexity index is 628. The number of hydrogen-bond donors (Lipinski definition) is 0. The van der Waals surface area contributed by atoms with Crippen molar-refractivity contribution in [1.82, 2.24) is 0 Å². The highest BCUT2D eigenvalue weighted by Gasteiger charge is 2.35. The van der Waals surface area contributed by atoms with Crippen LogP contribution in [0.25, 0.3) is 0 Å². The first-order valence-corrected chi connectivity index (χ1v) is 14.9. The zero-order valence-corrected chi connectivity index (χ0v) is 23.9. The molecule has 6 heteroatoms. The average molecular weight is 592 g/mol. The molecule has 1 aliphatic rings. The second-order valence-corrected chi connectivity index (χ2v) is 10.3. The topological polar surface area (TPSA) is 52.6 Å². The molecule has 0 spiro atoms. The number of unbranched alkanes of at least 4 members (excludes halogenated alkanes) is 14. The van der Waals surface area contributed by atoms with Crippen molar-refractivity contribution >= 4 is 43.8 Å². The van der Waals surface area contributed by atoms with Gasteiger partial charge in [-0.25, -0.2) is 4.79 Å². The fourth-order valence-electron chi connectivity index (χ4n) is 4.15. The van der Waals surface area contributed by atoms with Gasteiger partial charge in [0.1, 0.15) is 6.10 Å². The molecule has 190 valence electrons. The lowest BCUT2D eigenvalue weighted by molar-refractivity contribution is -0.149. The summed E-state index contributed by atoms with van der Waals surface area (Å²) in [7, 11) is 0. The lowest BCUT2D eigenvalue weighted by Gasteiger charge is -2.17. The summed E-state index contributed by atoms with van der Waals surface area (Å²) in [6.45, 7) is 4.27. The maximum atomic E-state index is 12.3. The van der Waals surface area contributed by atoms with Crippen LogP contribution < -0.4 is 0 Å². The monoisotopic (exact) mass is 590 g/mol. The van der Waals surface area contributed by atoms with E-state index in [0.29, 0.717) is 28.7 Å². The quantitative estimate of drug-likeness (QED) is 0.104. The van der Waals surface area contributed by atoms with Gasteiger partial charge in [-0.15, -0.1) is 0 Å². The third kappa shape index (κ3) is 13.2. The number of carbonyl (C=O) groups excluding carboxylic acids is 2. The third-order valence-electron chi connectivity index (χ3n) is 6.11. The summed E-state index contributed by atoms with van der Waals surface area (Å²) in [5.74, 6) is -0.277. The van der Waals surface area contributed by atoms with Crippen molar-refractivity contribution in [3.8, 4) is 0 Å². The molecule has 1 heterocycles. The molecular weight excluding hydrogens is 548 g/mol. The van der Waals surface area contributed by atoms with Crippen molar-refractivity contribution in [2.75, 3.05) is 0 Å². The van der Waals surface area contributed by atoms with E-state index in [1.165, 1.54) is 83.5 Å². The predicted molar refractivity (Wildman–Crippen MR) is 143 cm³/mol. The second-order valence-electron chi connectivity index (χ2n) is 9.06. The van der Waals surface area contributed by atoms with E-state index in [0.717, 1.165) is 19.3 Å². The second kappa shape index (κ2) is 19.7. The Kier molecular flexibility index (Phi) is 18.1. The standard InChI is InChI=1S/C27H44Br2O4/c1-3-5-6-7-8-9-10-11-12-13-14-15-16-17-18-20-24(30)32-22(19-4-2)25-26(29)23(21-28)33-27(25)31/h21-22H,3-20H2,1-2H3. The average Bonchev–Trinajstić information content (AvgIpc) is 3.09. The van der Waals surface area contributed by atoms with E-state index < -0.39 is 12.1 Å². The Morgan fingerprint density at radius 1 is 0.848 bits per heavy atom. The van der Waals surface area contributed by atoms with E-state index in [1.807, 2.05) is 6.92 Å². The first-order chi connectivity index (χ1) is 16.0. The zero-order valence-electron chi connectivity index (χ0n) is 20.8. The van der Waals surface area contributed by atoms with Crippen molar-refractivity contribution in [3.63, 3.8) is 0 Å². The van der Waals surface area contributed by atoms with Gasteiger partial charge in [0.15, 0.2) is 5.76 Å². The predicted octanol–water partition coefficient (Wildman–Crippen LogP) is 9.40. The maximum absolute atomic E-state index is 12.3. The zero-order chi connectivity index (χ0) is 24.3. The minimum atomic E-state index is -0.564. The molecule has 0 aromatic heterocycles. The Hall–Kier alpha value is -0.620. The molecule has 1 unspecified atom stereocenters. The molecule has 0 saturated carbocycles. The summed E-state index contributed by atoms with van der Waals surface area (Å²) in [6.07, 6.45) is 20.7. The summed E-state index contributed by atoms with van der Waals surface area (Å²) in [5, 5.41) is 0. The lowest BCUT2D eigenvalue weighted by Crippen LogP contribution is -2.24. The number of carbonyl (C=O) groups is 2. The van der Waals surface area contributed by atoms with Crippen molar-refractivity contribution in [2.45, 2.75) is 136 Å². The van der Waals surface area contributed by atoms with Crippen LogP contribution in [0.15, 0.2) is 20.8 Å². The van der Waals surface area contributed by atoms with Gasteiger partial charge in [0.05, 0.1) is 10.1 Å². The molecule has 0 bridgehead atoms. The van der Waals surface area contributed by atoms with E-state index in [9.17, 15) is 9.59 Å². The van der Waals surface area contributed by atoms with Gasteiger partial charge in [0.2, 0.25) is 0 Å².